The fourth-order valence-corrected chi connectivity index (χ4v) is 2.51. The average molecular weight is 384 g/mol. The van der Waals surface area contributed by atoms with E-state index in [0.717, 1.165) is 12.1 Å². The summed E-state index contributed by atoms with van der Waals surface area (Å²) in [5.74, 6) is 0. The summed E-state index contributed by atoms with van der Waals surface area (Å²) in [6.45, 7) is 0. The summed E-state index contributed by atoms with van der Waals surface area (Å²) in [5, 5.41) is 5.75. The predicted molar refractivity (Wildman–Crippen MR) is 90.4 cm³/mol. The Bertz CT molecular complexity index is 554. The zero-order valence-corrected chi connectivity index (χ0v) is 13.3. The molecule has 0 saturated heterocycles. The third-order valence-corrected chi connectivity index (χ3v) is 3.49. The van der Waals surface area contributed by atoms with Crippen LogP contribution in [0.2, 0.25) is 0 Å². The molecule has 1 aliphatic carbocycles. The molecule has 0 fully saturated rings. The molecule has 0 aromatic heterocycles. The van der Waals surface area contributed by atoms with Crippen LogP contribution in [-0.4, -0.2) is 22.2 Å². The topological polar surface area (TPSA) is 70.4 Å². The number of nitrogens with one attached hydrogen (secondary N) is 2. The van der Waals surface area contributed by atoms with Crippen molar-refractivity contribution in [2.45, 2.75) is 12.5 Å². The molecule has 2 amide bonds. The van der Waals surface area contributed by atoms with Gasteiger partial charge in [0.25, 0.3) is 0 Å². The minimum absolute atomic E-state index is 0.0250. The summed E-state index contributed by atoms with van der Waals surface area (Å²) < 4.78 is 1.98. The third-order valence-electron chi connectivity index (χ3n) is 2.94. The molecular formula is C14H17IN4O. The number of urea groups is 1. The Balaban J connectivity index is 1.98. The van der Waals surface area contributed by atoms with E-state index in [0.29, 0.717) is 11.4 Å². The van der Waals surface area contributed by atoms with E-state index in [9.17, 15) is 4.79 Å². The second-order valence-electron chi connectivity index (χ2n) is 4.51. The largest absolute Gasteiger partial charge is 0.399 e. The fourth-order valence-electron chi connectivity index (χ4n) is 2.01. The van der Waals surface area contributed by atoms with Gasteiger partial charge in [0.1, 0.15) is 0 Å². The first-order valence-corrected chi connectivity index (χ1v) is 7.22. The average Bonchev–Trinajstić information content (AvgIpc) is 2.38. The van der Waals surface area contributed by atoms with Crippen molar-refractivity contribution in [1.82, 2.24) is 8.43 Å². The lowest BCUT2D eigenvalue weighted by Gasteiger charge is -2.26. The molecule has 1 aromatic rings. The van der Waals surface area contributed by atoms with Gasteiger partial charge in [-0.25, -0.2) is 4.79 Å². The highest BCUT2D eigenvalue weighted by molar-refractivity contribution is 14.1. The van der Waals surface area contributed by atoms with Crippen molar-refractivity contribution in [1.29, 1.82) is 0 Å². The van der Waals surface area contributed by atoms with Gasteiger partial charge in [-0.2, -0.15) is 0 Å². The number of nitrogens with zero attached hydrogens (tertiary/aromatic N) is 1. The SMILES string of the molecule is CN(I)C1=CC=CCC1NC(=O)Nc1cccc(N)c1. The molecule has 6 heteroatoms. The highest BCUT2D eigenvalue weighted by Crippen LogP contribution is 2.19. The maximum Gasteiger partial charge on any atom is 0.319 e. The number of rotatable bonds is 3. The monoisotopic (exact) mass is 384 g/mol. The van der Waals surface area contributed by atoms with Gasteiger partial charge in [-0.3, -0.25) is 0 Å². The lowest BCUT2D eigenvalue weighted by Crippen LogP contribution is -2.41. The van der Waals surface area contributed by atoms with Gasteiger partial charge in [-0.05, 0) is 30.7 Å². The van der Waals surface area contributed by atoms with Gasteiger partial charge in [-0.1, -0.05) is 18.2 Å². The van der Waals surface area contributed by atoms with Crippen LogP contribution in [0, 0.1) is 0 Å². The van der Waals surface area contributed by atoms with Crippen LogP contribution >= 0.6 is 22.9 Å². The lowest BCUT2D eigenvalue weighted by molar-refractivity contribution is 0.249. The Kier molecular flexibility index (Phi) is 4.89. The van der Waals surface area contributed by atoms with Gasteiger partial charge >= 0.3 is 6.03 Å². The van der Waals surface area contributed by atoms with Gasteiger partial charge in [0.15, 0.2) is 0 Å². The minimum Gasteiger partial charge on any atom is -0.399 e. The quantitative estimate of drug-likeness (QED) is 0.427. The zero-order chi connectivity index (χ0) is 14.5. The van der Waals surface area contributed by atoms with E-state index in [-0.39, 0.29) is 12.1 Å². The number of anilines is 2. The Hall–Kier alpha value is -1.70. The van der Waals surface area contributed by atoms with Gasteiger partial charge in [-0.15, -0.1) is 0 Å². The van der Waals surface area contributed by atoms with Gasteiger partial charge in [0.2, 0.25) is 0 Å². The van der Waals surface area contributed by atoms with Crippen LogP contribution in [0.5, 0.6) is 0 Å². The molecule has 1 aliphatic rings. The number of hydrogen-bond donors (Lipinski definition) is 3. The van der Waals surface area contributed by atoms with Crippen molar-refractivity contribution >= 4 is 40.3 Å². The maximum atomic E-state index is 12.0. The van der Waals surface area contributed by atoms with Gasteiger partial charge in [0.05, 0.1) is 28.9 Å². The first-order valence-electron chi connectivity index (χ1n) is 6.25. The molecule has 1 aromatic carbocycles. The van der Waals surface area contributed by atoms with Crippen LogP contribution in [-0.2, 0) is 0 Å². The third kappa shape index (κ3) is 3.89. The fraction of sp³-hybridized carbons (Fsp3) is 0.214. The highest BCUT2D eigenvalue weighted by atomic mass is 127. The molecule has 0 bridgehead atoms. The lowest BCUT2D eigenvalue weighted by atomic mass is 10.1. The second kappa shape index (κ2) is 6.65. The number of halogens is 1. The molecule has 1 unspecified atom stereocenters. The molecule has 4 N–H and O–H groups in total. The van der Waals surface area contributed by atoms with Crippen LogP contribution < -0.4 is 16.4 Å². The van der Waals surface area contributed by atoms with Crippen molar-refractivity contribution in [3.63, 3.8) is 0 Å². The van der Waals surface area contributed by atoms with Crippen LogP contribution in [0.1, 0.15) is 6.42 Å². The van der Waals surface area contributed by atoms with Gasteiger partial charge in [0, 0.05) is 24.1 Å². The van der Waals surface area contributed by atoms with Crippen LogP contribution in [0.3, 0.4) is 0 Å². The number of carbonyl (C=O) groups excluding carboxylic acids is 1. The molecule has 0 radical (unpaired) electrons. The number of likely N-dealkylation sites (N-methyl/N-ethyl adjacent to an activating group) is 1. The Morgan fingerprint density at radius 2 is 2.30 bits per heavy atom. The highest BCUT2D eigenvalue weighted by Gasteiger charge is 2.19. The number of amides is 2. The first-order chi connectivity index (χ1) is 9.56. The molecular weight excluding hydrogens is 367 g/mol. The maximum absolute atomic E-state index is 12.0. The smallest absolute Gasteiger partial charge is 0.319 e. The Morgan fingerprint density at radius 1 is 1.50 bits per heavy atom. The van der Waals surface area contributed by atoms with E-state index < -0.39 is 0 Å². The summed E-state index contributed by atoms with van der Waals surface area (Å²) in [4.78, 5) is 12.0. The molecule has 1 atom stereocenters. The number of nitrogen functional groups attached to an aromatic ring is 1. The molecule has 0 heterocycles. The van der Waals surface area contributed by atoms with Crippen LogP contribution in [0.4, 0.5) is 16.2 Å². The van der Waals surface area contributed by atoms with Crippen molar-refractivity contribution < 1.29 is 4.79 Å². The van der Waals surface area contributed by atoms with Crippen molar-refractivity contribution in [2.24, 2.45) is 0 Å². The molecule has 106 valence electrons. The van der Waals surface area contributed by atoms with Crippen molar-refractivity contribution in [3.8, 4) is 0 Å². The number of hydrogen-bond acceptors (Lipinski definition) is 3. The summed E-state index contributed by atoms with van der Waals surface area (Å²) >= 11 is 2.19. The Labute approximate surface area is 132 Å². The van der Waals surface area contributed by atoms with Gasteiger partial charge < -0.3 is 19.5 Å². The molecule has 5 nitrogen and oxygen atoms in total. The van der Waals surface area contributed by atoms with Crippen molar-refractivity contribution in [2.75, 3.05) is 18.1 Å². The number of allylic oxidation sites excluding steroid dienone is 2. The number of carbonyl (C=O) groups is 1. The summed E-state index contributed by atoms with van der Waals surface area (Å²) in [5.41, 5.74) is 8.05. The molecule has 20 heavy (non-hydrogen) atoms. The summed E-state index contributed by atoms with van der Waals surface area (Å²) in [6.07, 6.45) is 6.82. The molecule has 0 aliphatic heterocycles. The molecule has 0 saturated carbocycles. The van der Waals surface area contributed by atoms with E-state index in [1.165, 1.54) is 0 Å². The standard InChI is InChI=1S/C14H17IN4O/c1-19(15)13-8-3-2-7-12(13)18-14(20)17-11-6-4-5-10(16)9-11/h2-6,8-9,12H,7,16H2,1H3,(H2,17,18,20). The summed E-state index contributed by atoms with van der Waals surface area (Å²) in [6, 6.07) is 6.85. The van der Waals surface area contributed by atoms with E-state index in [1.807, 2.05) is 28.4 Å². The van der Waals surface area contributed by atoms with Crippen LogP contribution in [0.15, 0.2) is 48.2 Å². The van der Waals surface area contributed by atoms with Crippen molar-refractivity contribution in [3.05, 3.63) is 48.2 Å². The van der Waals surface area contributed by atoms with E-state index in [4.69, 9.17) is 5.73 Å². The first kappa shape index (κ1) is 14.7. The second-order valence-corrected chi connectivity index (χ2v) is 5.96. The number of nitrogens with two attached hydrogens (primary N) is 1. The summed E-state index contributed by atoms with van der Waals surface area (Å²) in [7, 11) is 1.95. The predicted octanol–water partition coefficient (Wildman–Crippen LogP) is 2.88. The van der Waals surface area contributed by atoms with E-state index in [2.05, 4.69) is 33.5 Å². The Morgan fingerprint density at radius 3 is 3.00 bits per heavy atom. The minimum atomic E-state index is -0.236. The molecule has 2 rings (SSSR count). The van der Waals surface area contributed by atoms with E-state index >= 15 is 0 Å². The van der Waals surface area contributed by atoms with E-state index in [1.54, 1.807) is 24.3 Å². The number of benzene rings is 1. The zero-order valence-electron chi connectivity index (χ0n) is 11.1. The molecule has 0 spiro atoms. The van der Waals surface area contributed by atoms with Crippen LogP contribution in [0.25, 0.3) is 0 Å². The normalized spacial score (nSPS) is 17.3.